The summed E-state index contributed by atoms with van der Waals surface area (Å²) in [6, 6.07) is 12.9. The molecule has 2 amide bonds. The lowest BCUT2D eigenvalue weighted by Crippen LogP contribution is -2.40. The van der Waals surface area contributed by atoms with E-state index in [1.807, 2.05) is 44.2 Å². The predicted octanol–water partition coefficient (Wildman–Crippen LogP) is 3.34. The summed E-state index contributed by atoms with van der Waals surface area (Å²) in [5.41, 5.74) is 4.66. The average Bonchev–Trinajstić information content (AvgIpc) is 3.22. The van der Waals surface area contributed by atoms with Crippen LogP contribution in [0.3, 0.4) is 0 Å². The number of aryl methyl sites for hydroxylation is 2. The number of piperidine rings is 1. The number of rotatable bonds is 4. The first kappa shape index (κ1) is 20.8. The molecular weight excluding hydrogens is 392 g/mol. The van der Waals surface area contributed by atoms with Crippen LogP contribution < -0.4 is 5.32 Å². The number of carbonyl (C=O) groups excluding carboxylic acids is 2. The summed E-state index contributed by atoms with van der Waals surface area (Å²) in [5, 5.41) is 16.8. The molecule has 2 heterocycles. The molecular formula is C24H26N4O3. The molecule has 160 valence electrons. The first-order valence-corrected chi connectivity index (χ1v) is 10.4. The van der Waals surface area contributed by atoms with Crippen LogP contribution in [0.25, 0.3) is 5.69 Å². The van der Waals surface area contributed by atoms with E-state index < -0.39 is 0 Å². The molecule has 3 aromatic rings. The monoisotopic (exact) mass is 418 g/mol. The lowest BCUT2D eigenvalue weighted by Gasteiger charge is -2.29. The summed E-state index contributed by atoms with van der Waals surface area (Å²) >= 11 is 0. The van der Waals surface area contributed by atoms with E-state index in [1.54, 1.807) is 34.1 Å². The van der Waals surface area contributed by atoms with Crippen LogP contribution in [0.15, 0.2) is 54.9 Å². The van der Waals surface area contributed by atoms with Crippen LogP contribution >= 0.6 is 0 Å². The summed E-state index contributed by atoms with van der Waals surface area (Å²) in [7, 11) is 0. The Morgan fingerprint density at radius 1 is 1.06 bits per heavy atom. The van der Waals surface area contributed by atoms with E-state index in [-0.39, 0.29) is 17.9 Å². The van der Waals surface area contributed by atoms with Gasteiger partial charge >= 0.3 is 0 Å². The number of nitrogens with zero attached hydrogens (tertiary/aromatic N) is 3. The largest absolute Gasteiger partial charge is 0.393 e. The van der Waals surface area contributed by atoms with Crippen LogP contribution in [-0.4, -0.2) is 50.8 Å². The van der Waals surface area contributed by atoms with Crippen molar-refractivity contribution in [3.05, 3.63) is 77.1 Å². The van der Waals surface area contributed by atoms with E-state index in [9.17, 15) is 14.7 Å². The van der Waals surface area contributed by atoms with Gasteiger partial charge in [0, 0.05) is 24.2 Å². The standard InChI is InChI=1S/C24H26N4O3/c1-16-3-8-22(17(2)13-16)23(30)26-19-14-25-28(15-19)20-6-4-18(5-7-20)24(31)27-11-9-21(29)10-12-27/h3-8,13-15,21,29H,9-12H2,1-2H3,(H,26,30). The SMILES string of the molecule is Cc1ccc(C(=O)Nc2cnn(-c3ccc(C(=O)N4CCC(O)CC4)cc3)c2)c(C)c1. The van der Waals surface area contributed by atoms with Crippen LogP contribution in [0.2, 0.25) is 0 Å². The normalized spacial score (nSPS) is 14.5. The van der Waals surface area contributed by atoms with E-state index in [1.165, 1.54) is 0 Å². The van der Waals surface area contributed by atoms with Gasteiger partial charge in [-0.25, -0.2) is 4.68 Å². The van der Waals surface area contributed by atoms with Crippen LogP contribution in [0, 0.1) is 13.8 Å². The number of likely N-dealkylation sites (tertiary alicyclic amines) is 1. The summed E-state index contributed by atoms with van der Waals surface area (Å²) in [6.07, 6.45) is 4.27. The highest BCUT2D eigenvalue weighted by Crippen LogP contribution is 2.18. The molecule has 1 aliphatic rings. The van der Waals surface area contributed by atoms with Gasteiger partial charge in [-0.05, 0) is 62.6 Å². The molecule has 0 atom stereocenters. The molecule has 0 spiro atoms. The highest BCUT2D eigenvalue weighted by molar-refractivity contribution is 6.05. The molecule has 1 fully saturated rings. The molecule has 0 radical (unpaired) electrons. The number of nitrogens with one attached hydrogen (secondary N) is 1. The van der Waals surface area contributed by atoms with Gasteiger partial charge < -0.3 is 15.3 Å². The number of carbonyl (C=O) groups is 2. The van der Waals surface area contributed by atoms with Crippen molar-refractivity contribution in [1.29, 1.82) is 0 Å². The number of benzene rings is 2. The van der Waals surface area contributed by atoms with Gasteiger partial charge in [-0.1, -0.05) is 17.7 Å². The predicted molar refractivity (Wildman–Crippen MR) is 119 cm³/mol. The Hall–Kier alpha value is -3.45. The van der Waals surface area contributed by atoms with E-state index in [4.69, 9.17) is 0 Å². The topological polar surface area (TPSA) is 87.5 Å². The zero-order valence-electron chi connectivity index (χ0n) is 17.7. The molecule has 0 saturated carbocycles. The van der Waals surface area contributed by atoms with Gasteiger partial charge in [0.15, 0.2) is 0 Å². The van der Waals surface area contributed by atoms with Crippen LogP contribution in [-0.2, 0) is 0 Å². The second-order valence-corrected chi connectivity index (χ2v) is 8.02. The van der Waals surface area contributed by atoms with Gasteiger partial charge in [-0.3, -0.25) is 9.59 Å². The second kappa shape index (κ2) is 8.73. The van der Waals surface area contributed by atoms with Crippen LogP contribution in [0.5, 0.6) is 0 Å². The number of aliphatic hydroxyl groups excluding tert-OH is 1. The van der Waals surface area contributed by atoms with Crippen molar-refractivity contribution in [2.75, 3.05) is 18.4 Å². The molecule has 0 aliphatic carbocycles. The summed E-state index contributed by atoms with van der Waals surface area (Å²) in [6.45, 7) is 5.06. The molecule has 0 bridgehead atoms. The Balaban J connectivity index is 1.43. The highest BCUT2D eigenvalue weighted by Gasteiger charge is 2.22. The number of hydrogen-bond donors (Lipinski definition) is 2. The molecule has 31 heavy (non-hydrogen) atoms. The molecule has 1 aromatic heterocycles. The van der Waals surface area contributed by atoms with Gasteiger partial charge in [-0.15, -0.1) is 0 Å². The second-order valence-electron chi connectivity index (χ2n) is 8.02. The number of aliphatic hydroxyl groups is 1. The van der Waals surface area contributed by atoms with Gasteiger partial charge in [0.25, 0.3) is 11.8 Å². The Morgan fingerprint density at radius 3 is 2.45 bits per heavy atom. The molecule has 2 aromatic carbocycles. The lowest BCUT2D eigenvalue weighted by molar-refractivity contribution is 0.0546. The smallest absolute Gasteiger partial charge is 0.256 e. The van der Waals surface area contributed by atoms with Crippen molar-refractivity contribution in [3.63, 3.8) is 0 Å². The molecule has 0 unspecified atom stereocenters. The first-order chi connectivity index (χ1) is 14.9. The molecule has 7 nitrogen and oxygen atoms in total. The Labute approximate surface area is 181 Å². The van der Waals surface area contributed by atoms with Crippen molar-refractivity contribution < 1.29 is 14.7 Å². The first-order valence-electron chi connectivity index (χ1n) is 10.4. The molecule has 4 rings (SSSR count). The lowest BCUT2D eigenvalue weighted by atomic mass is 10.1. The fourth-order valence-electron chi connectivity index (χ4n) is 3.80. The molecule has 2 N–H and O–H groups in total. The van der Waals surface area contributed by atoms with E-state index in [0.717, 1.165) is 16.8 Å². The zero-order chi connectivity index (χ0) is 22.0. The quantitative estimate of drug-likeness (QED) is 0.680. The van der Waals surface area contributed by atoms with Crippen LogP contribution in [0.1, 0.15) is 44.7 Å². The third-order valence-electron chi connectivity index (χ3n) is 5.60. The third kappa shape index (κ3) is 4.67. The Kier molecular flexibility index (Phi) is 5.86. The van der Waals surface area contributed by atoms with Crippen molar-refractivity contribution in [1.82, 2.24) is 14.7 Å². The summed E-state index contributed by atoms with van der Waals surface area (Å²) < 4.78 is 1.66. The van der Waals surface area contributed by atoms with Gasteiger partial charge in [0.1, 0.15) is 0 Å². The fraction of sp³-hybridized carbons (Fsp3) is 0.292. The van der Waals surface area contributed by atoms with E-state index in [0.29, 0.717) is 42.7 Å². The summed E-state index contributed by atoms with van der Waals surface area (Å²) in [5.74, 6) is -0.204. The zero-order valence-corrected chi connectivity index (χ0v) is 17.7. The van der Waals surface area contributed by atoms with Crippen molar-refractivity contribution in [2.45, 2.75) is 32.8 Å². The third-order valence-corrected chi connectivity index (χ3v) is 5.60. The van der Waals surface area contributed by atoms with E-state index in [2.05, 4.69) is 10.4 Å². The maximum absolute atomic E-state index is 12.6. The number of aromatic nitrogens is 2. The average molecular weight is 418 g/mol. The van der Waals surface area contributed by atoms with Gasteiger partial charge in [0.2, 0.25) is 0 Å². The number of hydrogen-bond acceptors (Lipinski definition) is 4. The fourth-order valence-corrected chi connectivity index (χ4v) is 3.80. The minimum Gasteiger partial charge on any atom is -0.393 e. The Bertz CT molecular complexity index is 1100. The number of anilines is 1. The maximum atomic E-state index is 12.6. The molecule has 1 aliphatic heterocycles. The minimum atomic E-state index is -0.309. The highest BCUT2D eigenvalue weighted by atomic mass is 16.3. The van der Waals surface area contributed by atoms with Crippen LogP contribution in [0.4, 0.5) is 5.69 Å². The minimum absolute atomic E-state index is 0.0275. The maximum Gasteiger partial charge on any atom is 0.256 e. The van der Waals surface area contributed by atoms with Crippen molar-refractivity contribution in [3.8, 4) is 5.69 Å². The van der Waals surface area contributed by atoms with Crippen molar-refractivity contribution >= 4 is 17.5 Å². The Morgan fingerprint density at radius 2 is 1.77 bits per heavy atom. The van der Waals surface area contributed by atoms with E-state index >= 15 is 0 Å². The number of amides is 2. The van der Waals surface area contributed by atoms with Gasteiger partial charge in [0.05, 0.1) is 29.9 Å². The van der Waals surface area contributed by atoms with Gasteiger partial charge in [-0.2, -0.15) is 5.10 Å². The molecule has 1 saturated heterocycles. The van der Waals surface area contributed by atoms with Crippen molar-refractivity contribution in [2.24, 2.45) is 0 Å². The molecule has 7 heteroatoms. The summed E-state index contributed by atoms with van der Waals surface area (Å²) in [4.78, 5) is 27.0.